The van der Waals surface area contributed by atoms with Crippen LogP contribution < -0.4 is 11.1 Å². The zero-order valence-corrected chi connectivity index (χ0v) is 21.2. The maximum absolute atomic E-state index is 13.4. The highest BCUT2D eigenvalue weighted by Gasteiger charge is 2.22. The molecule has 1 aliphatic carbocycles. The van der Waals surface area contributed by atoms with Crippen LogP contribution in [0.1, 0.15) is 39.7 Å². The number of benzene rings is 2. The molecular weight excluding hydrogens is 504 g/mol. The molecule has 0 bridgehead atoms. The maximum Gasteiger partial charge on any atom is 0.338 e. The highest BCUT2D eigenvalue weighted by atomic mass is 32.1. The fourth-order valence-electron chi connectivity index (χ4n) is 4.87. The number of carbonyl (C=O) groups excluding carboxylic acids is 1. The molecule has 1 aliphatic rings. The first-order chi connectivity index (χ1) is 18.5. The first kappa shape index (κ1) is 23.8. The predicted octanol–water partition coefficient (Wildman–Crippen LogP) is 4.02. The van der Waals surface area contributed by atoms with Crippen molar-refractivity contribution in [3.63, 3.8) is 0 Å². The van der Waals surface area contributed by atoms with Crippen LogP contribution in [0.4, 0.5) is 0 Å². The largest absolute Gasteiger partial charge is 0.494 e. The molecule has 9 nitrogen and oxygen atoms in total. The van der Waals surface area contributed by atoms with Crippen LogP contribution in [-0.2, 0) is 17.6 Å². The number of esters is 1. The van der Waals surface area contributed by atoms with Crippen LogP contribution in [-0.4, -0.2) is 38.1 Å². The molecule has 0 atom stereocenters. The summed E-state index contributed by atoms with van der Waals surface area (Å²) in [5.41, 5.74) is 1.30. The van der Waals surface area contributed by atoms with E-state index >= 15 is 0 Å². The molecule has 2 aromatic carbocycles. The molecule has 0 spiro atoms. The van der Waals surface area contributed by atoms with Gasteiger partial charge in [0.25, 0.3) is 11.1 Å². The van der Waals surface area contributed by atoms with E-state index in [0.29, 0.717) is 32.2 Å². The normalized spacial score (nSPS) is 13.0. The molecule has 0 saturated heterocycles. The first-order valence-electron chi connectivity index (χ1n) is 12.2. The van der Waals surface area contributed by atoms with Crippen molar-refractivity contribution in [3.8, 4) is 11.6 Å². The molecule has 5 aromatic rings. The van der Waals surface area contributed by atoms with E-state index in [2.05, 4.69) is 10.1 Å². The lowest BCUT2D eigenvalue weighted by atomic mass is 10.1. The number of hydrogen-bond acceptors (Lipinski definition) is 8. The van der Waals surface area contributed by atoms with E-state index in [9.17, 15) is 19.5 Å². The second-order valence-corrected chi connectivity index (χ2v) is 9.95. The lowest BCUT2D eigenvalue weighted by molar-refractivity contribution is 0.0526. The Morgan fingerprint density at radius 1 is 1.11 bits per heavy atom. The van der Waals surface area contributed by atoms with Crippen molar-refractivity contribution < 1.29 is 14.6 Å². The number of rotatable bonds is 5. The monoisotopic (exact) mass is 526 g/mol. The Kier molecular flexibility index (Phi) is 5.88. The maximum atomic E-state index is 13.4. The van der Waals surface area contributed by atoms with Gasteiger partial charge >= 0.3 is 5.97 Å². The summed E-state index contributed by atoms with van der Waals surface area (Å²) in [6, 6.07) is 13.0. The van der Waals surface area contributed by atoms with Crippen molar-refractivity contribution in [2.75, 3.05) is 6.61 Å². The Bertz CT molecular complexity index is 1880. The summed E-state index contributed by atoms with van der Waals surface area (Å²) in [4.78, 5) is 45.0. The van der Waals surface area contributed by atoms with Crippen molar-refractivity contribution in [1.82, 2.24) is 14.2 Å². The van der Waals surface area contributed by atoms with Gasteiger partial charge in [0.05, 0.1) is 35.0 Å². The molecular formula is C28H22N4O5S. The van der Waals surface area contributed by atoms with Crippen molar-refractivity contribution in [2.24, 2.45) is 5.10 Å². The Balaban J connectivity index is 1.49. The van der Waals surface area contributed by atoms with Gasteiger partial charge in [0, 0.05) is 15.6 Å². The van der Waals surface area contributed by atoms with E-state index in [0.717, 1.165) is 34.1 Å². The van der Waals surface area contributed by atoms with E-state index in [4.69, 9.17) is 4.74 Å². The van der Waals surface area contributed by atoms with Gasteiger partial charge in [-0.2, -0.15) is 9.78 Å². The van der Waals surface area contributed by atoms with Crippen molar-refractivity contribution in [1.29, 1.82) is 0 Å². The average Bonchev–Trinajstić information content (AvgIpc) is 3.52. The Hall–Kier alpha value is -4.57. The van der Waals surface area contributed by atoms with Gasteiger partial charge in [-0.3, -0.25) is 9.59 Å². The number of hydrogen-bond donors (Lipinski definition) is 1. The lowest BCUT2D eigenvalue weighted by Gasteiger charge is -2.14. The van der Waals surface area contributed by atoms with E-state index in [-0.39, 0.29) is 23.6 Å². The quantitative estimate of drug-likeness (QED) is 0.273. The molecule has 0 unspecified atom stereocenters. The van der Waals surface area contributed by atoms with Crippen molar-refractivity contribution in [3.05, 3.63) is 97.1 Å². The summed E-state index contributed by atoms with van der Waals surface area (Å²) in [6.45, 7) is 1.96. The highest BCUT2D eigenvalue weighted by Crippen LogP contribution is 2.34. The number of aromatic hydroxyl groups is 1. The second kappa shape index (κ2) is 9.38. The van der Waals surface area contributed by atoms with E-state index in [1.807, 2.05) is 0 Å². The third kappa shape index (κ3) is 3.81. The second-order valence-electron chi connectivity index (χ2n) is 8.87. The van der Waals surface area contributed by atoms with Crippen LogP contribution in [0.5, 0.6) is 5.88 Å². The molecule has 0 saturated carbocycles. The SMILES string of the molecule is CCOC(=O)c1ccc(-n2c(O)c(C=Nn3cnc4sc5c(c4c3=O)CCC5)c3ccccc3c2=O)cc1. The Labute approximate surface area is 219 Å². The fraction of sp³-hybridized carbons (Fsp3) is 0.179. The minimum Gasteiger partial charge on any atom is -0.494 e. The van der Waals surface area contributed by atoms with Gasteiger partial charge in [-0.25, -0.2) is 14.3 Å². The molecule has 0 amide bonds. The summed E-state index contributed by atoms with van der Waals surface area (Å²) in [5.74, 6) is -0.825. The standard InChI is InChI=1S/C28H22N4O5S/c1-2-37-28(36)16-10-12-17(13-11-16)32-25(33)19-7-4-3-6-18(19)21(26(32)34)14-30-31-15-29-24-23(27(31)35)20-8-5-9-22(20)38-24/h3-4,6-7,10-15,34H,2,5,8-9H2,1H3. The van der Waals surface area contributed by atoms with Gasteiger partial charge in [-0.15, -0.1) is 11.3 Å². The molecule has 38 heavy (non-hydrogen) atoms. The molecule has 3 heterocycles. The van der Waals surface area contributed by atoms with Crippen LogP contribution in [0.3, 0.4) is 0 Å². The number of pyridine rings is 1. The lowest BCUT2D eigenvalue weighted by Crippen LogP contribution is -2.21. The van der Waals surface area contributed by atoms with Gasteiger partial charge in [0.2, 0.25) is 5.88 Å². The van der Waals surface area contributed by atoms with Crippen molar-refractivity contribution in [2.45, 2.75) is 26.2 Å². The number of aromatic nitrogens is 3. The fourth-order valence-corrected chi connectivity index (χ4v) is 6.09. The molecule has 1 N–H and O–H groups in total. The summed E-state index contributed by atoms with van der Waals surface area (Å²) in [6.07, 6.45) is 5.57. The minimum absolute atomic E-state index is 0.245. The zero-order valence-electron chi connectivity index (χ0n) is 20.4. The smallest absolute Gasteiger partial charge is 0.338 e. The summed E-state index contributed by atoms with van der Waals surface area (Å²) < 4.78 is 7.33. The molecule has 10 heteroatoms. The number of ether oxygens (including phenoxy) is 1. The van der Waals surface area contributed by atoms with Crippen LogP contribution in [0.15, 0.2) is 69.5 Å². The van der Waals surface area contributed by atoms with Gasteiger partial charge in [-0.05, 0) is 62.1 Å². The number of aryl methyl sites for hydroxylation is 2. The topological polar surface area (TPSA) is 116 Å². The van der Waals surface area contributed by atoms with Gasteiger partial charge in [-0.1, -0.05) is 18.2 Å². The van der Waals surface area contributed by atoms with Gasteiger partial charge in [0.1, 0.15) is 11.2 Å². The summed E-state index contributed by atoms with van der Waals surface area (Å²) >= 11 is 1.55. The molecule has 0 radical (unpaired) electrons. The Morgan fingerprint density at radius 3 is 2.63 bits per heavy atom. The molecule has 0 fully saturated rings. The number of carbonyl (C=O) groups is 1. The third-order valence-electron chi connectivity index (χ3n) is 6.66. The third-order valence-corrected chi connectivity index (χ3v) is 7.86. The molecule has 190 valence electrons. The summed E-state index contributed by atoms with van der Waals surface area (Å²) in [7, 11) is 0. The number of nitrogens with zero attached hydrogens (tertiary/aromatic N) is 4. The van der Waals surface area contributed by atoms with Crippen LogP contribution in [0.25, 0.3) is 26.7 Å². The number of thiophene rings is 1. The van der Waals surface area contributed by atoms with E-state index in [1.54, 1.807) is 54.7 Å². The predicted molar refractivity (Wildman–Crippen MR) is 146 cm³/mol. The van der Waals surface area contributed by atoms with Gasteiger partial charge in [0.15, 0.2) is 0 Å². The Morgan fingerprint density at radius 2 is 1.87 bits per heavy atom. The van der Waals surface area contributed by atoms with Crippen molar-refractivity contribution >= 4 is 44.5 Å². The van der Waals surface area contributed by atoms with Crippen LogP contribution in [0.2, 0.25) is 0 Å². The molecule has 6 rings (SSSR count). The average molecular weight is 527 g/mol. The number of fused-ring (bicyclic) bond motifs is 4. The minimum atomic E-state index is -0.478. The highest BCUT2D eigenvalue weighted by molar-refractivity contribution is 7.18. The van der Waals surface area contributed by atoms with E-state index < -0.39 is 11.5 Å². The first-order valence-corrected chi connectivity index (χ1v) is 13.0. The molecule has 0 aliphatic heterocycles. The summed E-state index contributed by atoms with van der Waals surface area (Å²) in [5, 5.41) is 17.1. The molecule has 3 aromatic heterocycles. The van der Waals surface area contributed by atoms with Crippen LogP contribution in [0, 0.1) is 0 Å². The van der Waals surface area contributed by atoms with Crippen LogP contribution >= 0.6 is 11.3 Å². The van der Waals surface area contributed by atoms with Gasteiger partial charge < -0.3 is 9.84 Å². The van der Waals surface area contributed by atoms with E-state index in [1.165, 1.54) is 29.6 Å². The zero-order chi connectivity index (χ0) is 26.4.